The zero-order valence-corrected chi connectivity index (χ0v) is 14.5. The number of amides is 3. The molecule has 0 radical (unpaired) electrons. The minimum absolute atomic E-state index is 0.0195. The Balaban J connectivity index is 1.91. The number of piperazine rings is 1. The van der Waals surface area contributed by atoms with E-state index in [2.05, 4.69) is 38.3 Å². The number of carbonyl (C=O) groups excluding carboxylic acids is 3. The topological polar surface area (TPSA) is 81.8 Å². The summed E-state index contributed by atoms with van der Waals surface area (Å²) >= 11 is 0. The molecule has 0 atom stereocenters. The molecule has 0 aromatic heterocycles. The average Bonchev–Trinajstić information content (AvgIpc) is 2.43. The van der Waals surface area contributed by atoms with Crippen LogP contribution in [0.3, 0.4) is 0 Å². The van der Waals surface area contributed by atoms with Gasteiger partial charge in [0.15, 0.2) is 0 Å². The Morgan fingerprint density at radius 2 is 1.57 bits per heavy atom. The number of hydrogen-bond acceptors (Lipinski definition) is 4. The van der Waals surface area contributed by atoms with E-state index in [1.165, 1.54) is 4.90 Å². The van der Waals surface area contributed by atoms with E-state index in [9.17, 15) is 14.4 Å². The number of hydrogen-bond donors (Lipinski definition) is 2. The van der Waals surface area contributed by atoms with Crippen molar-refractivity contribution in [1.29, 1.82) is 0 Å². The molecule has 0 bridgehead atoms. The van der Waals surface area contributed by atoms with Gasteiger partial charge in [0, 0.05) is 43.3 Å². The monoisotopic (exact) mass is 324 g/mol. The molecule has 2 aliphatic rings. The van der Waals surface area contributed by atoms with Crippen molar-refractivity contribution in [3.8, 4) is 0 Å². The summed E-state index contributed by atoms with van der Waals surface area (Å²) in [6.07, 6.45) is 2.35. The molecule has 2 saturated heterocycles. The van der Waals surface area contributed by atoms with E-state index in [-0.39, 0.29) is 17.1 Å². The predicted octanol–water partition coefficient (Wildman–Crippen LogP) is -0.288. The summed E-state index contributed by atoms with van der Waals surface area (Å²) in [5.74, 6) is -1.03. The van der Waals surface area contributed by atoms with Crippen LogP contribution in [0.15, 0.2) is 0 Å². The summed E-state index contributed by atoms with van der Waals surface area (Å²) in [5, 5.41) is 6.45. The van der Waals surface area contributed by atoms with Gasteiger partial charge in [0.25, 0.3) is 0 Å². The third-order valence-corrected chi connectivity index (χ3v) is 4.47. The number of nitrogens with zero attached hydrogens (tertiary/aromatic N) is 2. The molecule has 0 aromatic carbocycles. The van der Waals surface area contributed by atoms with E-state index in [0.29, 0.717) is 26.2 Å². The molecule has 0 aliphatic carbocycles. The third-order valence-electron chi connectivity index (χ3n) is 4.47. The molecule has 2 N–H and O–H groups in total. The van der Waals surface area contributed by atoms with Crippen molar-refractivity contribution in [2.75, 3.05) is 26.2 Å². The van der Waals surface area contributed by atoms with Gasteiger partial charge >= 0.3 is 11.8 Å². The minimum Gasteiger partial charge on any atom is -0.345 e. The quantitative estimate of drug-likeness (QED) is 0.540. The highest BCUT2D eigenvalue weighted by molar-refractivity contribution is 6.35. The number of carbonyl (C=O) groups is 3. The number of rotatable bonds is 2. The first-order valence-electron chi connectivity index (χ1n) is 8.20. The fraction of sp³-hybridized carbons (Fsp3) is 0.812. The third kappa shape index (κ3) is 4.67. The van der Waals surface area contributed by atoms with Crippen LogP contribution in [0.1, 0.15) is 40.5 Å². The van der Waals surface area contributed by atoms with Gasteiger partial charge in [-0.15, -0.1) is 0 Å². The molecule has 0 saturated carbocycles. The highest BCUT2D eigenvalue weighted by Gasteiger charge is 2.39. The van der Waals surface area contributed by atoms with Crippen molar-refractivity contribution in [3.63, 3.8) is 0 Å². The van der Waals surface area contributed by atoms with E-state index in [1.54, 1.807) is 4.90 Å². The summed E-state index contributed by atoms with van der Waals surface area (Å²) in [4.78, 5) is 38.4. The molecule has 0 aromatic rings. The molecule has 2 rings (SSSR count). The number of piperidine rings is 1. The molecule has 7 nitrogen and oxygen atoms in total. The van der Waals surface area contributed by atoms with E-state index in [4.69, 9.17) is 0 Å². The Morgan fingerprint density at radius 3 is 2.04 bits per heavy atom. The Labute approximate surface area is 137 Å². The molecule has 0 spiro atoms. The van der Waals surface area contributed by atoms with Gasteiger partial charge in [-0.05, 0) is 40.5 Å². The maximum Gasteiger partial charge on any atom is 0.312 e. The second-order valence-electron chi connectivity index (χ2n) is 7.90. The van der Waals surface area contributed by atoms with Crippen LogP contribution in [0, 0.1) is 0 Å². The second kappa shape index (κ2) is 6.47. The maximum atomic E-state index is 12.3. The van der Waals surface area contributed by atoms with Crippen LogP contribution >= 0.6 is 0 Å². The van der Waals surface area contributed by atoms with E-state index < -0.39 is 11.8 Å². The molecule has 3 amide bonds. The highest BCUT2D eigenvalue weighted by atomic mass is 16.2. The van der Waals surface area contributed by atoms with Crippen LogP contribution in [0.2, 0.25) is 0 Å². The molecule has 0 unspecified atom stereocenters. The van der Waals surface area contributed by atoms with Crippen LogP contribution < -0.4 is 10.6 Å². The lowest BCUT2D eigenvalue weighted by atomic mass is 9.79. The van der Waals surface area contributed by atoms with Crippen molar-refractivity contribution in [2.24, 2.45) is 0 Å². The highest BCUT2D eigenvalue weighted by Crippen LogP contribution is 2.28. The van der Waals surface area contributed by atoms with Gasteiger partial charge in [0.05, 0.1) is 0 Å². The molecule has 2 aliphatic heterocycles. The lowest BCUT2D eigenvalue weighted by molar-refractivity contribution is -0.148. The normalized spacial score (nSPS) is 24.2. The molecular formula is C16H28N4O3. The largest absolute Gasteiger partial charge is 0.345 e. The van der Waals surface area contributed by atoms with Crippen molar-refractivity contribution < 1.29 is 14.4 Å². The van der Waals surface area contributed by atoms with Crippen molar-refractivity contribution in [1.82, 2.24) is 20.4 Å². The Hall–Kier alpha value is -1.63. The SMILES string of the molecule is CC1(C)CC(NC(=O)C(=O)N2CCN(C=O)CC2)CC(C)(C)N1. The first-order chi connectivity index (χ1) is 10.6. The van der Waals surface area contributed by atoms with E-state index in [1.807, 2.05) is 0 Å². The van der Waals surface area contributed by atoms with Crippen molar-refractivity contribution in [2.45, 2.75) is 57.7 Å². The Bertz CT molecular complexity index is 466. The summed E-state index contributed by atoms with van der Waals surface area (Å²) in [6, 6.07) is -0.0195. The van der Waals surface area contributed by atoms with Crippen molar-refractivity contribution >= 4 is 18.2 Å². The van der Waals surface area contributed by atoms with Gasteiger partial charge in [-0.1, -0.05) is 0 Å². The first-order valence-corrected chi connectivity index (χ1v) is 8.20. The van der Waals surface area contributed by atoms with Crippen molar-refractivity contribution in [3.05, 3.63) is 0 Å². The van der Waals surface area contributed by atoms with Gasteiger partial charge in [-0.3, -0.25) is 14.4 Å². The average molecular weight is 324 g/mol. The number of nitrogens with one attached hydrogen (secondary N) is 2. The van der Waals surface area contributed by atoms with E-state index >= 15 is 0 Å². The lowest BCUT2D eigenvalue weighted by Gasteiger charge is -2.46. The molecular weight excluding hydrogens is 296 g/mol. The molecule has 7 heteroatoms. The van der Waals surface area contributed by atoms with Crippen LogP contribution in [0.5, 0.6) is 0 Å². The zero-order valence-electron chi connectivity index (χ0n) is 14.5. The lowest BCUT2D eigenvalue weighted by Crippen LogP contribution is -2.63. The maximum absolute atomic E-state index is 12.3. The smallest absolute Gasteiger partial charge is 0.312 e. The van der Waals surface area contributed by atoms with Gasteiger partial charge < -0.3 is 20.4 Å². The fourth-order valence-electron chi connectivity index (χ4n) is 3.85. The van der Waals surface area contributed by atoms with Crippen LogP contribution in [0.25, 0.3) is 0 Å². The molecule has 2 fully saturated rings. The molecule has 23 heavy (non-hydrogen) atoms. The summed E-state index contributed by atoms with van der Waals surface area (Å²) in [7, 11) is 0. The first kappa shape index (κ1) is 17.7. The molecule has 2 heterocycles. The Morgan fingerprint density at radius 1 is 1.04 bits per heavy atom. The fourth-order valence-corrected chi connectivity index (χ4v) is 3.85. The summed E-state index contributed by atoms with van der Waals surface area (Å²) < 4.78 is 0. The summed E-state index contributed by atoms with van der Waals surface area (Å²) in [6.45, 7) is 10.2. The van der Waals surface area contributed by atoms with Gasteiger partial charge in [-0.25, -0.2) is 0 Å². The van der Waals surface area contributed by atoms with Gasteiger partial charge in [0.1, 0.15) is 0 Å². The van der Waals surface area contributed by atoms with E-state index in [0.717, 1.165) is 19.3 Å². The minimum atomic E-state index is -0.539. The predicted molar refractivity (Wildman–Crippen MR) is 86.7 cm³/mol. The second-order valence-corrected chi connectivity index (χ2v) is 7.90. The van der Waals surface area contributed by atoms with Gasteiger partial charge in [-0.2, -0.15) is 0 Å². The summed E-state index contributed by atoms with van der Waals surface area (Å²) in [5.41, 5.74) is -0.170. The Kier molecular flexibility index (Phi) is 4.98. The van der Waals surface area contributed by atoms with Crippen LogP contribution in [-0.4, -0.2) is 71.3 Å². The standard InChI is InChI=1S/C16H28N4O3/c1-15(2)9-12(10-16(3,4)18-15)17-13(22)14(23)20-7-5-19(11-21)6-8-20/h11-12,18H,5-10H2,1-4H3,(H,17,22). The molecule has 130 valence electrons. The van der Waals surface area contributed by atoms with Crippen LogP contribution in [0.4, 0.5) is 0 Å². The van der Waals surface area contributed by atoms with Gasteiger partial charge in [0.2, 0.25) is 6.41 Å². The zero-order chi connectivity index (χ0) is 17.3. The van der Waals surface area contributed by atoms with Crippen LogP contribution in [-0.2, 0) is 14.4 Å².